The minimum Gasteiger partial charge on any atom is -0.143 e. The van der Waals surface area contributed by atoms with E-state index in [1.54, 1.807) is 11.3 Å². The Morgan fingerprint density at radius 3 is 2.16 bits per heavy atom. The van der Waals surface area contributed by atoms with Crippen molar-refractivity contribution in [1.82, 2.24) is 10.2 Å². The third-order valence-electron chi connectivity index (χ3n) is 2.96. The molecule has 2 aromatic carbocycles. The third-order valence-corrected chi connectivity index (χ3v) is 3.99. The molecule has 3 heteroatoms. The van der Waals surface area contributed by atoms with Crippen LogP contribution in [-0.2, 0) is 12.8 Å². The summed E-state index contributed by atoms with van der Waals surface area (Å²) in [6.45, 7) is 0. The molecule has 0 atom stereocenters. The second-order valence-electron chi connectivity index (χ2n) is 4.35. The number of benzene rings is 2. The van der Waals surface area contributed by atoms with E-state index in [1.165, 1.54) is 5.56 Å². The molecule has 2 nitrogen and oxygen atoms in total. The minimum absolute atomic E-state index is 0.953. The van der Waals surface area contributed by atoms with Crippen molar-refractivity contribution in [1.29, 1.82) is 0 Å². The normalized spacial score (nSPS) is 10.5. The average molecular weight is 266 g/mol. The van der Waals surface area contributed by atoms with Crippen molar-refractivity contribution in [3.05, 3.63) is 71.2 Å². The summed E-state index contributed by atoms with van der Waals surface area (Å²) >= 11 is 1.68. The number of aryl methyl sites for hydroxylation is 2. The van der Waals surface area contributed by atoms with Gasteiger partial charge < -0.3 is 0 Å². The maximum absolute atomic E-state index is 4.28. The van der Waals surface area contributed by atoms with Crippen molar-refractivity contribution >= 4 is 11.3 Å². The molecule has 19 heavy (non-hydrogen) atoms. The monoisotopic (exact) mass is 266 g/mol. The number of nitrogens with zero attached hydrogens (tertiary/aromatic N) is 2. The van der Waals surface area contributed by atoms with Gasteiger partial charge in [0.2, 0.25) is 0 Å². The van der Waals surface area contributed by atoms with Crippen LogP contribution in [-0.4, -0.2) is 10.2 Å². The zero-order valence-corrected chi connectivity index (χ0v) is 11.3. The molecule has 0 saturated carbocycles. The van der Waals surface area contributed by atoms with Crippen LogP contribution < -0.4 is 0 Å². The number of aromatic nitrogens is 2. The Balaban J connectivity index is 1.69. The highest BCUT2D eigenvalue weighted by Crippen LogP contribution is 2.23. The molecule has 1 heterocycles. The van der Waals surface area contributed by atoms with Gasteiger partial charge in [-0.05, 0) is 12.0 Å². The van der Waals surface area contributed by atoms with E-state index >= 15 is 0 Å². The summed E-state index contributed by atoms with van der Waals surface area (Å²) in [7, 11) is 0. The highest BCUT2D eigenvalue weighted by molar-refractivity contribution is 7.14. The molecule has 0 aliphatic rings. The van der Waals surface area contributed by atoms with Gasteiger partial charge in [0.1, 0.15) is 10.0 Å². The van der Waals surface area contributed by atoms with Crippen molar-refractivity contribution in [2.45, 2.75) is 12.8 Å². The Labute approximate surface area is 116 Å². The van der Waals surface area contributed by atoms with E-state index in [0.717, 1.165) is 28.4 Å². The van der Waals surface area contributed by atoms with E-state index in [9.17, 15) is 0 Å². The molecule has 0 aliphatic carbocycles. The van der Waals surface area contributed by atoms with Crippen LogP contribution in [0.4, 0.5) is 0 Å². The van der Waals surface area contributed by atoms with Gasteiger partial charge in [-0.2, -0.15) is 0 Å². The van der Waals surface area contributed by atoms with Crippen LogP contribution in [0.2, 0.25) is 0 Å². The summed E-state index contributed by atoms with van der Waals surface area (Å²) in [6, 6.07) is 20.7. The predicted octanol–water partition coefficient (Wildman–Crippen LogP) is 3.99. The Kier molecular flexibility index (Phi) is 3.65. The van der Waals surface area contributed by atoms with Gasteiger partial charge in [0, 0.05) is 12.0 Å². The lowest BCUT2D eigenvalue weighted by Gasteiger charge is -1.97. The smallest absolute Gasteiger partial charge is 0.143 e. The van der Waals surface area contributed by atoms with E-state index < -0.39 is 0 Å². The van der Waals surface area contributed by atoms with Gasteiger partial charge in [-0.1, -0.05) is 72.0 Å². The Morgan fingerprint density at radius 2 is 1.42 bits per heavy atom. The number of rotatable bonds is 4. The topological polar surface area (TPSA) is 25.8 Å². The molecule has 0 unspecified atom stereocenters. The van der Waals surface area contributed by atoms with Gasteiger partial charge in [0.15, 0.2) is 0 Å². The van der Waals surface area contributed by atoms with Crippen LogP contribution in [0.15, 0.2) is 60.7 Å². The first-order chi connectivity index (χ1) is 9.42. The van der Waals surface area contributed by atoms with E-state index in [4.69, 9.17) is 0 Å². The second-order valence-corrected chi connectivity index (χ2v) is 5.41. The lowest BCUT2D eigenvalue weighted by molar-refractivity contribution is 0.905. The SMILES string of the molecule is c1ccc(CCc2nnc(-c3ccccc3)s2)cc1. The first kappa shape index (κ1) is 12.1. The lowest BCUT2D eigenvalue weighted by Crippen LogP contribution is -1.89. The summed E-state index contributed by atoms with van der Waals surface area (Å²) in [6.07, 6.45) is 1.97. The zero-order chi connectivity index (χ0) is 12.9. The fourth-order valence-corrected chi connectivity index (χ4v) is 2.79. The standard InChI is InChI=1S/C16H14N2S/c1-3-7-13(8-4-1)11-12-15-17-18-16(19-15)14-9-5-2-6-10-14/h1-10H,11-12H2. The van der Waals surface area contributed by atoms with Gasteiger partial charge >= 0.3 is 0 Å². The maximum atomic E-state index is 4.28. The highest BCUT2D eigenvalue weighted by Gasteiger charge is 2.06. The van der Waals surface area contributed by atoms with Crippen molar-refractivity contribution in [3.8, 4) is 10.6 Å². The van der Waals surface area contributed by atoms with E-state index in [-0.39, 0.29) is 0 Å². The largest absolute Gasteiger partial charge is 0.147 e. The first-order valence-corrected chi connectivity index (χ1v) is 7.15. The van der Waals surface area contributed by atoms with Crippen molar-refractivity contribution < 1.29 is 0 Å². The molecule has 3 rings (SSSR count). The quantitative estimate of drug-likeness (QED) is 0.713. The Morgan fingerprint density at radius 1 is 0.737 bits per heavy atom. The van der Waals surface area contributed by atoms with Gasteiger partial charge in [-0.3, -0.25) is 0 Å². The fraction of sp³-hybridized carbons (Fsp3) is 0.125. The predicted molar refractivity (Wildman–Crippen MR) is 79.2 cm³/mol. The molecule has 0 amide bonds. The Bertz CT molecular complexity index is 632. The molecule has 0 bridgehead atoms. The van der Waals surface area contributed by atoms with E-state index in [2.05, 4.69) is 46.6 Å². The molecule has 0 aliphatic heterocycles. The van der Waals surface area contributed by atoms with Crippen LogP contribution in [0.3, 0.4) is 0 Å². The summed E-state index contributed by atoms with van der Waals surface area (Å²) in [5.41, 5.74) is 2.49. The van der Waals surface area contributed by atoms with Gasteiger partial charge in [-0.25, -0.2) is 0 Å². The molecule has 1 aromatic heterocycles. The molecule has 0 fully saturated rings. The van der Waals surface area contributed by atoms with Crippen molar-refractivity contribution in [3.63, 3.8) is 0 Å². The Hall–Kier alpha value is -2.00. The minimum atomic E-state index is 0.953. The molecular formula is C16H14N2S. The lowest BCUT2D eigenvalue weighted by atomic mass is 10.1. The molecule has 0 spiro atoms. The highest BCUT2D eigenvalue weighted by atomic mass is 32.1. The van der Waals surface area contributed by atoms with Gasteiger partial charge in [0.05, 0.1) is 0 Å². The zero-order valence-electron chi connectivity index (χ0n) is 10.5. The molecule has 94 valence electrons. The summed E-state index contributed by atoms with van der Waals surface area (Å²) in [5.74, 6) is 0. The molecular weight excluding hydrogens is 252 g/mol. The van der Waals surface area contributed by atoms with Crippen LogP contribution >= 0.6 is 11.3 Å². The molecule has 3 aromatic rings. The van der Waals surface area contributed by atoms with Gasteiger partial charge in [0.25, 0.3) is 0 Å². The van der Waals surface area contributed by atoms with E-state index in [0.29, 0.717) is 0 Å². The fourth-order valence-electron chi connectivity index (χ4n) is 1.95. The van der Waals surface area contributed by atoms with Crippen molar-refractivity contribution in [2.75, 3.05) is 0 Å². The summed E-state index contributed by atoms with van der Waals surface area (Å²) < 4.78 is 0. The molecule has 0 radical (unpaired) electrons. The van der Waals surface area contributed by atoms with Crippen molar-refractivity contribution in [2.24, 2.45) is 0 Å². The third kappa shape index (κ3) is 3.06. The van der Waals surface area contributed by atoms with Crippen LogP contribution in [0.1, 0.15) is 10.6 Å². The van der Waals surface area contributed by atoms with Crippen LogP contribution in [0.25, 0.3) is 10.6 Å². The second kappa shape index (κ2) is 5.76. The van der Waals surface area contributed by atoms with Crippen LogP contribution in [0, 0.1) is 0 Å². The number of hydrogen-bond acceptors (Lipinski definition) is 3. The molecule has 0 N–H and O–H groups in total. The average Bonchev–Trinajstić information content (AvgIpc) is 2.96. The molecule has 0 saturated heterocycles. The first-order valence-electron chi connectivity index (χ1n) is 6.33. The van der Waals surface area contributed by atoms with E-state index in [1.807, 2.05) is 24.3 Å². The number of hydrogen-bond donors (Lipinski definition) is 0. The maximum Gasteiger partial charge on any atom is 0.147 e. The summed E-state index contributed by atoms with van der Waals surface area (Å²) in [5, 5.41) is 10.6. The van der Waals surface area contributed by atoms with Gasteiger partial charge in [-0.15, -0.1) is 10.2 Å². The van der Waals surface area contributed by atoms with Crippen LogP contribution in [0.5, 0.6) is 0 Å². The summed E-state index contributed by atoms with van der Waals surface area (Å²) in [4.78, 5) is 0.